The van der Waals surface area contributed by atoms with Gasteiger partial charge in [-0.05, 0) is 116 Å². The first-order valence-corrected chi connectivity index (χ1v) is 26.1. The first-order valence-electron chi connectivity index (χ1n) is 25.2. The maximum absolute atomic E-state index is 2.84. The molecule has 4 heteroatoms. The molecule has 2 aliphatic heterocycles. The Morgan fingerprint density at radius 2 is 1.29 bits per heavy atom. The van der Waals surface area contributed by atoms with Gasteiger partial charge in [0.2, 0.25) is 0 Å². The molecule has 0 unspecified atom stereocenters. The van der Waals surface area contributed by atoms with Crippen LogP contribution in [-0.4, -0.2) is 11.3 Å². The summed E-state index contributed by atoms with van der Waals surface area (Å²) in [5.74, 6) is 0.452. The van der Waals surface area contributed by atoms with E-state index in [1.54, 1.807) is 0 Å². The molecular weight excluding hydrogens is 840 g/mol. The van der Waals surface area contributed by atoms with Crippen molar-refractivity contribution >= 4 is 93.5 Å². The predicted octanol–water partition coefficient (Wildman–Crippen LogP) is 17.4. The molecule has 0 saturated heterocycles. The highest BCUT2D eigenvalue weighted by Gasteiger charge is 2.55. The monoisotopic (exact) mass is 896 g/mol. The summed E-state index contributed by atoms with van der Waals surface area (Å²) >= 11 is 1.96. The summed E-state index contributed by atoms with van der Waals surface area (Å²) in [6, 6.07) is 57.0. The molecule has 2 aromatic heterocycles. The lowest BCUT2D eigenvalue weighted by atomic mass is 9.40. The predicted molar refractivity (Wildman–Crippen MR) is 295 cm³/mol. The summed E-state index contributed by atoms with van der Waals surface area (Å²) in [5, 5.41) is 7.98. The van der Waals surface area contributed by atoms with Gasteiger partial charge in [-0.15, -0.1) is 11.3 Å². The number of para-hydroxylation sites is 1. The molecule has 0 spiro atoms. The molecule has 1 atom stereocenters. The standard InChI is InChI=1S/C64H57BN2S/c1-9-18-37(2)40-28-30-52(46(33-40)38-19-11-10-12-20-38)66-59-48-34-50-51(63(5,6)32-31-62(50,3)4)36-49(48)64(7,8)61(59)65-56-47(35-54-55(60(56)66)45-23-15-16-26-53(45)68-54)43-25-17-24-42-44-29-27-39-21-13-14-22-41(39)57(44)67(65)58(42)43/h10-17,19-30,33-37H,9,18,31-32H2,1-8H3/t37-/m0/s1. The zero-order valence-corrected chi connectivity index (χ0v) is 41.5. The number of hydrogen-bond donors (Lipinski definition) is 0. The van der Waals surface area contributed by atoms with Crippen LogP contribution in [0.15, 0.2) is 151 Å². The molecule has 0 N–H and O–H groups in total. The first-order chi connectivity index (χ1) is 32.9. The molecular formula is C64H57BN2S. The van der Waals surface area contributed by atoms with Crippen molar-refractivity contribution in [1.29, 1.82) is 0 Å². The van der Waals surface area contributed by atoms with E-state index in [1.807, 2.05) is 11.3 Å². The van der Waals surface area contributed by atoms with Crippen molar-refractivity contribution in [3.05, 3.63) is 179 Å². The molecule has 0 bridgehead atoms. The van der Waals surface area contributed by atoms with Crippen LogP contribution in [0.2, 0.25) is 0 Å². The fourth-order valence-electron chi connectivity index (χ4n) is 13.8. The molecule has 0 fully saturated rings. The first kappa shape index (κ1) is 40.7. The maximum atomic E-state index is 2.84. The normalized spacial score (nSPS) is 17.6. The number of hydrogen-bond acceptors (Lipinski definition) is 2. The molecule has 0 saturated carbocycles. The molecule has 2 aliphatic carbocycles. The van der Waals surface area contributed by atoms with Gasteiger partial charge in [0.05, 0.1) is 11.4 Å². The fourth-order valence-corrected chi connectivity index (χ4v) is 15.0. The maximum Gasteiger partial charge on any atom is 0.329 e. The zero-order valence-electron chi connectivity index (χ0n) is 40.6. The number of aromatic nitrogens is 1. The second-order valence-electron chi connectivity index (χ2n) is 22.6. The summed E-state index contributed by atoms with van der Waals surface area (Å²) in [7, 11) is 0. The van der Waals surface area contributed by atoms with E-state index in [1.165, 1.54) is 144 Å². The van der Waals surface area contributed by atoms with Gasteiger partial charge in [-0.25, -0.2) is 0 Å². The smallest absolute Gasteiger partial charge is 0.329 e. The van der Waals surface area contributed by atoms with Crippen LogP contribution in [0.4, 0.5) is 11.4 Å². The fraction of sp³-hybridized carbons (Fsp3) is 0.250. The average molecular weight is 897 g/mol. The summed E-state index contributed by atoms with van der Waals surface area (Å²) in [4.78, 5) is 2.83. The lowest BCUT2D eigenvalue weighted by Crippen LogP contribution is -2.52. The van der Waals surface area contributed by atoms with Crippen LogP contribution < -0.4 is 10.4 Å². The largest absolute Gasteiger partial charge is 0.375 e. The number of thiophene rings is 1. The van der Waals surface area contributed by atoms with Crippen molar-refractivity contribution in [3.63, 3.8) is 0 Å². The number of benzene rings is 8. The Labute approximate surface area is 405 Å². The lowest BCUT2D eigenvalue weighted by molar-refractivity contribution is 0.331. The lowest BCUT2D eigenvalue weighted by Gasteiger charge is -2.44. The Balaban J connectivity index is 1.22. The molecule has 0 radical (unpaired) electrons. The van der Waals surface area contributed by atoms with Crippen molar-refractivity contribution in [1.82, 2.24) is 4.48 Å². The third-order valence-electron chi connectivity index (χ3n) is 17.4. The zero-order chi connectivity index (χ0) is 46.2. The van der Waals surface area contributed by atoms with Crippen LogP contribution in [0.1, 0.15) is 115 Å². The molecule has 8 aromatic carbocycles. The second kappa shape index (κ2) is 13.9. The van der Waals surface area contributed by atoms with E-state index in [9.17, 15) is 0 Å². The van der Waals surface area contributed by atoms with Gasteiger partial charge in [0.1, 0.15) is 0 Å². The van der Waals surface area contributed by atoms with E-state index >= 15 is 0 Å². The third kappa shape index (κ3) is 5.25. The highest BCUT2D eigenvalue weighted by molar-refractivity contribution is 7.26. The Morgan fingerprint density at radius 3 is 2.09 bits per heavy atom. The summed E-state index contributed by atoms with van der Waals surface area (Å²) in [6.45, 7) is 19.8. The highest BCUT2D eigenvalue weighted by atomic mass is 32.1. The van der Waals surface area contributed by atoms with Crippen LogP contribution >= 0.6 is 11.3 Å². The molecule has 10 aromatic rings. The van der Waals surface area contributed by atoms with Crippen molar-refractivity contribution in [3.8, 4) is 22.3 Å². The van der Waals surface area contributed by atoms with Crippen LogP contribution in [0.5, 0.6) is 0 Å². The number of allylic oxidation sites excluding steroid dienone is 1. The minimum absolute atomic E-state index is 0.0481. The SMILES string of the molecule is CCC[C@H](C)c1ccc(N2C3=C(B4c5c(cc6sc7ccccc7c6c52)-c2cccc5c6ccc7ccccc7c6n4c25)C(C)(C)c2cc4c(cc23)C(C)(C)CCC4(C)C)c(-c2ccccc2)c1. The summed E-state index contributed by atoms with van der Waals surface area (Å²) in [5.41, 5.74) is 22.0. The topological polar surface area (TPSA) is 8.17 Å². The Kier molecular flexibility index (Phi) is 8.31. The highest BCUT2D eigenvalue weighted by Crippen LogP contribution is 2.61. The second-order valence-corrected chi connectivity index (χ2v) is 23.7. The van der Waals surface area contributed by atoms with Crippen LogP contribution in [0.25, 0.3) is 80.7 Å². The van der Waals surface area contributed by atoms with Crippen LogP contribution in [0.3, 0.4) is 0 Å². The molecule has 4 aliphatic rings. The minimum Gasteiger partial charge on any atom is -0.375 e. The van der Waals surface area contributed by atoms with Gasteiger partial charge >= 0.3 is 6.85 Å². The number of fused-ring (bicyclic) bond motifs is 15. The Hall–Kier alpha value is -6.36. The van der Waals surface area contributed by atoms with E-state index in [0.717, 1.165) is 12.8 Å². The van der Waals surface area contributed by atoms with Gasteiger partial charge in [0.15, 0.2) is 0 Å². The van der Waals surface area contributed by atoms with Gasteiger partial charge in [0, 0.05) is 75.2 Å². The van der Waals surface area contributed by atoms with Crippen molar-refractivity contribution in [2.24, 2.45) is 0 Å². The van der Waals surface area contributed by atoms with E-state index in [2.05, 4.69) is 210 Å². The van der Waals surface area contributed by atoms with Crippen molar-refractivity contribution < 1.29 is 0 Å². The van der Waals surface area contributed by atoms with E-state index in [4.69, 9.17) is 0 Å². The van der Waals surface area contributed by atoms with E-state index in [-0.39, 0.29) is 23.1 Å². The van der Waals surface area contributed by atoms with Gasteiger partial charge in [-0.1, -0.05) is 177 Å². The molecule has 4 heterocycles. The van der Waals surface area contributed by atoms with Crippen molar-refractivity contribution in [2.45, 2.75) is 103 Å². The molecule has 2 nitrogen and oxygen atoms in total. The third-order valence-corrected chi connectivity index (χ3v) is 18.5. The number of anilines is 2. The number of rotatable bonds is 5. The van der Waals surface area contributed by atoms with E-state index in [0.29, 0.717) is 5.92 Å². The molecule has 68 heavy (non-hydrogen) atoms. The number of nitrogens with zero attached hydrogens (tertiary/aromatic N) is 2. The quantitative estimate of drug-likeness (QED) is 0.156. The minimum atomic E-state index is -0.316. The van der Waals surface area contributed by atoms with Gasteiger partial charge in [-0.3, -0.25) is 0 Å². The van der Waals surface area contributed by atoms with Crippen LogP contribution in [0, 0.1) is 0 Å². The summed E-state index contributed by atoms with van der Waals surface area (Å²) < 4.78 is 5.53. The van der Waals surface area contributed by atoms with Crippen molar-refractivity contribution in [2.75, 3.05) is 4.90 Å². The van der Waals surface area contributed by atoms with Gasteiger partial charge in [-0.2, -0.15) is 0 Å². The van der Waals surface area contributed by atoms with Crippen LogP contribution in [-0.2, 0) is 16.2 Å². The van der Waals surface area contributed by atoms with E-state index < -0.39 is 0 Å². The van der Waals surface area contributed by atoms with Gasteiger partial charge in [0.25, 0.3) is 0 Å². The average Bonchev–Trinajstić information content (AvgIpc) is 3.97. The van der Waals surface area contributed by atoms with Gasteiger partial charge < -0.3 is 9.38 Å². The molecule has 332 valence electrons. The molecule has 0 amide bonds. The summed E-state index contributed by atoms with van der Waals surface area (Å²) in [6.07, 6.45) is 4.68. The molecule has 14 rings (SSSR count). The Morgan fingerprint density at radius 1 is 0.588 bits per heavy atom. The Bertz CT molecular complexity index is 3880.